The molecule has 2 nitrogen and oxygen atoms in total. The molecule has 1 aromatic carbocycles. The summed E-state index contributed by atoms with van der Waals surface area (Å²) in [6, 6.07) is 6.06. The standard InChI is InChI=1S/C7H4BrIN2/c8-7-10-5-3-1-2-4(9)6(5)11-7/h1-3H,(H,10,11). The molecule has 0 atom stereocenters. The van der Waals surface area contributed by atoms with Crippen LogP contribution in [0.25, 0.3) is 11.0 Å². The van der Waals surface area contributed by atoms with Crippen molar-refractivity contribution in [2.75, 3.05) is 0 Å². The number of nitrogens with zero attached hydrogens (tertiary/aromatic N) is 1. The van der Waals surface area contributed by atoms with Crippen molar-refractivity contribution in [1.82, 2.24) is 9.97 Å². The van der Waals surface area contributed by atoms with Crippen molar-refractivity contribution in [3.8, 4) is 0 Å². The van der Waals surface area contributed by atoms with Crippen molar-refractivity contribution in [2.24, 2.45) is 0 Å². The molecule has 0 spiro atoms. The maximum Gasteiger partial charge on any atom is 0.175 e. The van der Waals surface area contributed by atoms with E-state index in [2.05, 4.69) is 48.5 Å². The number of aromatic nitrogens is 2. The van der Waals surface area contributed by atoms with E-state index in [9.17, 15) is 0 Å². The number of aromatic amines is 1. The summed E-state index contributed by atoms with van der Waals surface area (Å²) in [6.07, 6.45) is 0. The average Bonchev–Trinajstić information content (AvgIpc) is 2.31. The van der Waals surface area contributed by atoms with Crippen LogP contribution < -0.4 is 0 Å². The number of rotatable bonds is 0. The Labute approximate surface area is 85.7 Å². The summed E-state index contributed by atoms with van der Waals surface area (Å²) < 4.78 is 1.96. The lowest BCUT2D eigenvalue weighted by Gasteiger charge is -1.88. The second-order valence-corrected chi connectivity index (χ2v) is 4.08. The minimum atomic E-state index is 0.789. The number of imidazole rings is 1. The predicted molar refractivity (Wildman–Crippen MR) is 56.5 cm³/mol. The summed E-state index contributed by atoms with van der Waals surface area (Å²) in [5.41, 5.74) is 2.10. The van der Waals surface area contributed by atoms with Gasteiger partial charge in [-0.05, 0) is 50.7 Å². The van der Waals surface area contributed by atoms with E-state index < -0.39 is 0 Å². The highest BCUT2D eigenvalue weighted by atomic mass is 127. The molecule has 0 bridgehead atoms. The number of H-pyrrole nitrogens is 1. The zero-order valence-corrected chi connectivity index (χ0v) is 9.18. The molecule has 2 rings (SSSR count). The Hall–Kier alpha value is -0.100. The van der Waals surface area contributed by atoms with Crippen molar-refractivity contribution in [3.63, 3.8) is 0 Å². The van der Waals surface area contributed by atoms with Crippen LogP contribution in [-0.4, -0.2) is 9.97 Å². The molecule has 0 aliphatic carbocycles. The summed E-state index contributed by atoms with van der Waals surface area (Å²) in [4.78, 5) is 7.37. The molecule has 2 aromatic rings. The third-order valence-corrected chi connectivity index (χ3v) is 2.68. The van der Waals surface area contributed by atoms with Gasteiger partial charge in [-0.25, -0.2) is 4.98 Å². The third kappa shape index (κ3) is 1.29. The lowest BCUT2D eigenvalue weighted by molar-refractivity contribution is 1.27. The van der Waals surface area contributed by atoms with Crippen LogP contribution in [0.5, 0.6) is 0 Å². The van der Waals surface area contributed by atoms with Crippen LogP contribution >= 0.6 is 38.5 Å². The molecule has 4 heteroatoms. The van der Waals surface area contributed by atoms with Crippen molar-refractivity contribution in [2.45, 2.75) is 0 Å². The molecule has 1 heterocycles. The second-order valence-electron chi connectivity index (χ2n) is 2.16. The third-order valence-electron chi connectivity index (χ3n) is 1.43. The van der Waals surface area contributed by atoms with E-state index in [-0.39, 0.29) is 0 Å². The van der Waals surface area contributed by atoms with Gasteiger partial charge in [0.2, 0.25) is 0 Å². The Morgan fingerprint density at radius 1 is 1.45 bits per heavy atom. The fraction of sp³-hybridized carbons (Fsp3) is 0. The first-order chi connectivity index (χ1) is 5.27. The van der Waals surface area contributed by atoms with Crippen LogP contribution in [0, 0.1) is 3.57 Å². The Balaban J connectivity index is 2.90. The Morgan fingerprint density at radius 3 is 3.00 bits per heavy atom. The van der Waals surface area contributed by atoms with Crippen molar-refractivity contribution < 1.29 is 0 Å². The van der Waals surface area contributed by atoms with E-state index in [1.54, 1.807) is 0 Å². The minimum absolute atomic E-state index is 0.789. The van der Waals surface area contributed by atoms with E-state index >= 15 is 0 Å². The van der Waals surface area contributed by atoms with Gasteiger partial charge in [-0.3, -0.25) is 0 Å². The quantitative estimate of drug-likeness (QED) is 0.742. The number of fused-ring (bicyclic) bond motifs is 1. The summed E-state index contributed by atoms with van der Waals surface area (Å²) in [5, 5.41) is 0. The molecule has 1 aromatic heterocycles. The Morgan fingerprint density at radius 2 is 2.27 bits per heavy atom. The molecule has 0 saturated heterocycles. The molecular weight excluding hydrogens is 319 g/mol. The molecule has 11 heavy (non-hydrogen) atoms. The fourth-order valence-electron chi connectivity index (χ4n) is 0.967. The largest absolute Gasteiger partial charge is 0.332 e. The van der Waals surface area contributed by atoms with Gasteiger partial charge in [-0.2, -0.15) is 0 Å². The maximum atomic E-state index is 4.27. The van der Waals surface area contributed by atoms with E-state index in [0.717, 1.165) is 15.8 Å². The first kappa shape index (κ1) is 7.54. The molecule has 0 unspecified atom stereocenters. The predicted octanol–water partition coefficient (Wildman–Crippen LogP) is 2.93. The van der Waals surface area contributed by atoms with Gasteiger partial charge in [0.05, 0.1) is 5.52 Å². The van der Waals surface area contributed by atoms with Gasteiger partial charge < -0.3 is 4.98 Å². The highest BCUT2D eigenvalue weighted by molar-refractivity contribution is 14.1. The summed E-state index contributed by atoms with van der Waals surface area (Å²) >= 11 is 5.56. The molecule has 0 aliphatic heterocycles. The first-order valence-corrected chi connectivity index (χ1v) is 4.94. The molecule has 1 N–H and O–H groups in total. The SMILES string of the molecule is Brc1nc2c(I)cccc2[nH]1. The number of para-hydroxylation sites is 1. The molecule has 0 radical (unpaired) electrons. The second kappa shape index (κ2) is 2.75. The molecule has 0 aliphatic rings. The van der Waals surface area contributed by atoms with Gasteiger partial charge in [0.1, 0.15) is 5.52 Å². The van der Waals surface area contributed by atoms with Crippen LogP contribution in [0.2, 0.25) is 0 Å². The number of halogens is 2. The van der Waals surface area contributed by atoms with Crippen LogP contribution in [0.4, 0.5) is 0 Å². The van der Waals surface area contributed by atoms with Gasteiger partial charge in [0.25, 0.3) is 0 Å². The number of benzene rings is 1. The van der Waals surface area contributed by atoms with Gasteiger partial charge in [0.15, 0.2) is 4.73 Å². The fourth-order valence-corrected chi connectivity index (χ4v) is 1.98. The van der Waals surface area contributed by atoms with Crippen LogP contribution in [0.1, 0.15) is 0 Å². The lowest BCUT2D eigenvalue weighted by atomic mass is 10.3. The van der Waals surface area contributed by atoms with Crippen molar-refractivity contribution >= 4 is 49.6 Å². The van der Waals surface area contributed by atoms with E-state index in [1.807, 2.05) is 18.2 Å². The summed E-state index contributed by atoms with van der Waals surface area (Å²) in [7, 11) is 0. The highest BCUT2D eigenvalue weighted by Gasteiger charge is 2.01. The smallest absolute Gasteiger partial charge is 0.175 e. The molecule has 0 saturated carbocycles. The summed E-state index contributed by atoms with van der Waals surface area (Å²) in [5.74, 6) is 0. The van der Waals surface area contributed by atoms with E-state index in [4.69, 9.17) is 0 Å². The average molecular weight is 323 g/mol. The van der Waals surface area contributed by atoms with Gasteiger partial charge in [-0.15, -0.1) is 0 Å². The van der Waals surface area contributed by atoms with Gasteiger partial charge in [0, 0.05) is 3.57 Å². The van der Waals surface area contributed by atoms with Crippen molar-refractivity contribution in [3.05, 3.63) is 26.5 Å². The maximum absolute atomic E-state index is 4.27. The highest BCUT2D eigenvalue weighted by Crippen LogP contribution is 2.19. The van der Waals surface area contributed by atoms with Crippen molar-refractivity contribution in [1.29, 1.82) is 0 Å². The Kier molecular flexibility index (Phi) is 1.88. The van der Waals surface area contributed by atoms with E-state index in [1.165, 1.54) is 3.57 Å². The zero-order valence-electron chi connectivity index (χ0n) is 5.44. The monoisotopic (exact) mass is 322 g/mol. The molecule has 56 valence electrons. The lowest BCUT2D eigenvalue weighted by Crippen LogP contribution is -1.73. The zero-order chi connectivity index (χ0) is 7.84. The first-order valence-electron chi connectivity index (χ1n) is 3.07. The molecular formula is C7H4BrIN2. The summed E-state index contributed by atoms with van der Waals surface area (Å²) in [6.45, 7) is 0. The topological polar surface area (TPSA) is 28.7 Å². The number of hydrogen-bond donors (Lipinski definition) is 1. The molecule has 0 fully saturated rings. The van der Waals surface area contributed by atoms with E-state index in [0.29, 0.717) is 0 Å². The number of nitrogens with one attached hydrogen (secondary N) is 1. The minimum Gasteiger partial charge on any atom is -0.332 e. The van der Waals surface area contributed by atoms with Gasteiger partial charge >= 0.3 is 0 Å². The van der Waals surface area contributed by atoms with Gasteiger partial charge in [-0.1, -0.05) is 6.07 Å². The van der Waals surface area contributed by atoms with Crippen LogP contribution in [0.15, 0.2) is 22.9 Å². The Bertz CT molecular complexity index is 396. The van der Waals surface area contributed by atoms with Crippen LogP contribution in [0.3, 0.4) is 0 Å². The van der Waals surface area contributed by atoms with Crippen LogP contribution in [-0.2, 0) is 0 Å². The normalized spacial score (nSPS) is 10.7. The molecule has 0 amide bonds. The number of hydrogen-bond acceptors (Lipinski definition) is 1.